The molecule has 1 rings (SSSR count). The molecule has 106 valence electrons. The number of carbonyl (C=O) groups excluding carboxylic acids is 1. The zero-order valence-corrected chi connectivity index (χ0v) is 12.5. The number of benzene rings is 1. The van der Waals surface area contributed by atoms with Crippen molar-refractivity contribution in [3.8, 4) is 0 Å². The second-order valence-electron chi connectivity index (χ2n) is 5.56. The Morgan fingerprint density at radius 3 is 2.37 bits per heavy atom. The second kappa shape index (κ2) is 7.95. The minimum Gasteiger partial charge on any atom is -0.355 e. The Hall–Kier alpha value is -1.35. The maximum absolute atomic E-state index is 11.8. The van der Waals surface area contributed by atoms with Crippen molar-refractivity contribution in [3.63, 3.8) is 0 Å². The summed E-state index contributed by atoms with van der Waals surface area (Å²) in [6, 6.07) is 8.19. The summed E-state index contributed by atoms with van der Waals surface area (Å²) in [6.07, 6.45) is 1.02. The fraction of sp³-hybridized carbons (Fsp3) is 0.562. The lowest BCUT2D eigenvalue weighted by Gasteiger charge is -2.14. The number of nitrogens with one attached hydrogen (secondary N) is 2. The molecule has 0 saturated carbocycles. The zero-order valence-electron chi connectivity index (χ0n) is 12.5. The molecule has 2 N–H and O–H groups in total. The van der Waals surface area contributed by atoms with Crippen LogP contribution in [0.1, 0.15) is 38.3 Å². The summed E-state index contributed by atoms with van der Waals surface area (Å²) in [6.45, 7) is 9.77. The minimum absolute atomic E-state index is 0.0766. The summed E-state index contributed by atoms with van der Waals surface area (Å²) in [5, 5.41) is 6.20. The van der Waals surface area contributed by atoms with Crippen LogP contribution in [0.5, 0.6) is 0 Å². The van der Waals surface area contributed by atoms with Gasteiger partial charge in [0.2, 0.25) is 5.91 Å². The molecule has 1 atom stereocenters. The molecule has 0 fully saturated rings. The van der Waals surface area contributed by atoms with E-state index in [-0.39, 0.29) is 11.9 Å². The van der Waals surface area contributed by atoms with Crippen LogP contribution in [-0.4, -0.2) is 18.5 Å². The first-order valence-electron chi connectivity index (χ1n) is 7.05. The van der Waals surface area contributed by atoms with Gasteiger partial charge in [-0.1, -0.05) is 43.7 Å². The van der Waals surface area contributed by atoms with E-state index in [9.17, 15) is 4.79 Å². The second-order valence-corrected chi connectivity index (χ2v) is 5.56. The molecule has 1 amide bonds. The fourth-order valence-corrected chi connectivity index (χ4v) is 1.71. The molecule has 0 aliphatic rings. The van der Waals surface area contributed by atoms with E-state index >= 15 is 0 Å². The van der Waals surface area contributed by atoms with E-state index < -0.39 is 0 Å². The highest BCUT2D eigenvalue weighted by Crippen LogP contribution is 2.03. The van der Waals surface area contributed by atoms with Crippen molar-refractivity contribution in [2.45, 2.75) is 46.7 Å². The molecule has 1 aromatic rings. The standard InChI is InChI=1S/C16H26N2O/c1-12(2)9-10-17-16(19)14(4)18-11-15-7-5-13(3)6-8-15/h5-8,12,14,18H,9-11H2,1-4H3,(H,17,19). The van der Waals surface area contributed by atoms with Gasteiger partial charge in [0, 0.05) is 13.1 Å². The summed E-state index contributed by atoms with van der Waals surface area (Å²) in [5.74, 6) is 0.698. The highest BCUT2D eigenvalue weighted by Gasteiger charge is 2.11. The van der Waals surface area contributed by atoms with Crippen molar-refractivity contribution in [2.75, 3.05) is 6.54 Å². The highest BCUT2D eigenvalue weighted by atomic mass is 16.2. The normalized spacial score (nSPS) is 12.5. The van der Waals surface area contributed by atoms with Gasteiger partial charge in [0.25, 0.3) is 0 Å². The van der Waals surface area contributed by atoms with Gasteiger partial charge in [-0.3, -0.25) is 4.79 Å². The molecule has 0 radical (unpaired) electrons. The lowest BCUT2D eigenvalue weighted by Crippen LogP contribution is -2.42. The maximum Gasteiger partial charge on any atom is 0.236 e. The summed E-state index contributed by atoms with van der Waals surface area (Å²) in [4.78, 5) is 11.8. The summed E-state index contributed by atoms with van der Waals surface area (Å²) < 4.78 is 0. The Kier molecular flexibility index (Phi) is 6.57. The minimum atomic E-state index is -0.159. The van der Waals surface area contributed by atoms with Crippen molar-refractivity contribution in [2.24, 2.45) is 5.92 Å². The molecule has 0 bridgehead atoms. The average molecular weight is 262 g/mol. The van der Waals surface area contributed by atoms with Gasteiger partial charge >= 0.3 is 0 Å². The van der Waals surface area contributed by atoms with E-state index in [0.29, 0.717) is 5.92 Å². The number of rotatable bonds is 7. The number of amides is 1. The monoisotopic (exact) mass is 262 g/mol. The van der Waals surface area contributed by atoms with E-state index in [1.807, 2.05) is 6.92 Å². The van der Waals surface area contributed by atoms with Crippen LogP contribution in [0.3, 0.4) is 0 Å². The van der Waals surface area contributed by atoms with Crippen LogP contribution in [0.15, 0.2) is 24.3 Å². The topological polar surface area (TPSA) is 41.1 Å². The molecule has 0 saturated heterocycles. The number of carbonyl (C=O) groups is 1. The predicted octanol–water partition coefficient (Wildman–Crippen LogP) is 2.64. The fourth-order valence-electron chi connectivity index (χ4n) is 1.71. The number of aryl methyl sites for hydroxylation is 1. The van der Waals surface area contributed by atoms with Gasteiger partial charge < -0.3 is 10.6 Å². The lowest BCUT2D eigenvalue weighted by atomic mass is 10.1. The molecular formula is C16H26N2O. The SMILES string of the molecule is Cc1ccc(CNC(C)C(=O)NCCC(C)C)cc1. The number of hydrogen-bond acceptors (Lipinski definition) is 2. The van der Waals surface area contributed by atoms with Crippen molar-refractivity contribution in [3.05, 3.63) is 35.4 Å². The van der Waals surface area contributed by atoms with Crippen LogP contribution in [0.2, 0.25) is 0 Å². The molecule has 0 spiro atoms. The first-order valence-corrected chi connectivity index (χ1v) is 7.05. The van der Waals surface area contributed by atoms with Crippen molar-refractivity contribution in [1.82, 2.24) is 10.6 Å². The van der Waals surface area contributed by atoms with Crippen LogP contribution >= 0.6 is 0 Å². The van der Waals surface area contributed by atoms with Crippen LogP contribution in [-0.2, 0) is 11.3 Å². The first kappa shape index (κ1) is 15.7. The summed E-state index contributed by atoms with van der Waals surface area (Å²) in [5.41, 5.74) is 2.45. The van der Waals surface area contributed by atoms with Gasteiger partial charge in [-0.2, -0.15) is 0 Å². The van der Waals surface area contributed by atoms with Crippen molar-refractivity contribution >= 4 is 5.91 Å². The summed E-state index contributed by atoms with van der Waals surface area (Å²) >= 11 is 0. The Balaban J connectivity index is 2.28. The molecule has 1 aromatic carbocycles. The largest absolute Gasteiger partial charge is 0.355 e. The molecule has 0 aliphatic heterocycles. The van der Waals surface area contributed by atoms with Crippen LogP contribution in [0.4, 0.5) is 0 Å². The van der Waals surface area contributed by atoms with Gasteiger partial charge in [0.05, 0.1) is 6.04 Å². The van der Waals surface area contributed by atoms with E-state index in [1.54, 1.807) is 0 Å². The summed E-state index contributed by atoms with van der Waals surface area (Å²) in [7, 11) is 0. The third kappa shape index (κ3) is 6.39. The van der Waals surface area contributed by atoms with Gasteiger partial charge in [-0.15, -0.1) is 0 Å². The van der Waals surface area contributed by atoms with E-state index in [0.717, 1.165) is 19.5 Å². The van der Waals surface area contributed by atoms with E-state index in [1.165, 1.54) is 11.1 Å². The Morgan fingerprint density at radius 2 is 1.79 bits per heavy atom. The smallest absolute Gasteiger partial charge is 0.236 e. The van der Waals surface area contributed by atoms with Crippen molar-refractivity contribution < 1.29 is 4.79 Å². The molecule has 0 aromatic heterocycles. The zero-order chi connectivity index (χ0) is 14.3. The lowest BCUT2D eigenvalue weighted by molar-refractivity contribution is -0.122. The Bertz CT molecular complexity index is 384. The van der Waals surface area contributed by atoms with Gasteiger partial charge in [-0.05, 0) is 31.7 Å². The van der Waals surface area contributed by atoms with Gasteiger partial charge in [0.15, 0.2) is 0 Å². The molecule has 3 heteroatoms. The van der Waals surface area contributed by atoms with Gasteiger partial charge in [0.1, 0.15) is 0 Å². The Labute approximate surface area is 116 Å². The maximum atomic E-state index is 11.8. The molecule has 3 nitrogen and oxygen atoms in total. The van der Waals surface area contributed by atoms with Gasteiger partial charge in [-0.25, -0.2) is 0 Å². The number of hydrogen-bond donors (Lipinski definition) is 2. The van der Waals surface area contributed by atoms with Crippen LogP contribution in [0.25, 0.3) is 0 Å². The average Bonchev–Trinajstić information content (AvgIpc) is 2.37. The molecule has 0 aliphatic carbocycles. The molecule has 0 heterocycles. The first-order chi connectivity index (χ1) is 8.99. The van der Waals surface area contributed by atoms with Crippen LogP contribution < -0.4 is 10.6 Å². The van der Waals surface area contributed by atoms with E-state index in [4.69, 9.17) is 0 Å². The Morgan fingerprint density at radius 1 is 1.16 bits per heavy atom. The molecule has 19 heavy (non-hydrogen) atoms. The quantitative estimate of drug-likeness (QED) is 0.793. The predicted molar refractivity (Wildman–Crippen MR) is 79.9 cm³/mol. The molecule has 1 unspecified atom stereocenters. The third-order valence-corrected chi connectivity index (χ3v) is 3.15. The van der Waals surface area contributed by atoms with Crippen molar-refractivity contribution in [1.29, 1.82) is 0 Å². The van der Waals surface area contributed by atoms with E-state index in [2.05, 4.69) is 55.7 Å². The highest BCUT2D eigenvalue weighted by molar-refractivity contribution is 5.81. The van der Waals surface area contributed by atoms with Crippen LogP contribution in [0, 0.1) is 12.8 Å². The molecular weight excluding hydrogens is 236 g/mol. The third-order valence-electron chi connectivity index (χ3n) is 3.15.